The second-order valence-corrected chi connectivity index (χ2v) is 4.99. The summed E-state index contributed by atoms with van der Waals surface area (Å²) < 4.78 is 13.2. The number of hydrogen-bond donors (Lipinski definition) is 2. The molecule has 2 rings (SSSR count). The molecular formula is C14H12ClFN2S. The Morgan fingerprint density at radius 3 is 2.63 bits per heavy atom. The SMILES string of the molecule is Cc1cc(Nc2cc(F)ccc2Cl)ccc1C(N)=S. The molecule has 5 heteroatoms. The van der Waals surface area contributed by atoms with Gasteiger partial charge in [-0.1, -0.05) is 23.8 Å². The third-order valence-electron chi connectivity index (χ3n) is 2.70. The minimum absolute atomic E-state index is 0.344. The predicted octanol–water partition coefficient (Wildman–Crippen LogP) is 4.17. The number of nitrogens with one attached hydrogen (secondary N) is 1. The summed E-state index contributed by atoms with van der Waals surface area (Å²) in [5.74, 6) is -0.344. The highest BCUT2D eigenvalue weighted by molar-refractivity contribution is 7.80. The summed E-state index contributed by atoms with van der Waals surface area (Å²) in [6.45, 7) is 1.91. The average Bonchev–Trinajstić information content (AvgIpc) is 2.33. The van der Waals surface area contributed by atoms with Crippen molar-refractivity contribution in [2.24, 2.45) is 5.73 Å². The van der Waals surface area contributed by atoms with Crippen LogP contribution in [0.2, 0.25) is 5.02 Å². The monoisotopic (exact) mass is 294 g/mol. The first-order valence-electron chi connectivity index (χ1n) is 5.60. The van der Waals surface area contributed by atoms with Gasteiger partial charge in [-0.15, -0.1) is 0 Å². The van der Waals surface area contributed by atoms with E-state index in [-0.39, 0.29) is 5.82 Å². The van der Waals surface area contributed by atoms with Gasteiger partial charge in [-0.05, 0) is 48.9 Å². The van der Waals surface area contributed by atoms with E-state index >= 15 is 0 Å². The number of benzene rings is 2. The fourth-order valence-corrected chi connectivity index (χ4v) is 2.16. The Bertz CT molecular complexity index is 643. The van der Waals surface area contributed by atoms with Crippen LogP contribution in [0.25, 0.3) is 0 Å². The topological polar surface area (TPSA) is 38.0 Å². The molecule has 0 heterocycles. The number of rotatable bonds is 3. The zero-order valence-corrected chi connectivity index (χ0v) is 11.8. The van der Waals surface area contributed by atoms with Crippen LogP contribution in [-0.4, -0.2) is 4.99 Å². The number of halogens is 2. The maximum Gasteiger partial charge on any atom is 0.125 e. The molecule has 2 aromatic carbocycles. The quantitative estimate of drug-likeness (QED) is 0.835. The summed E-state index contributed by atoms with van der Waals surface area (Å²) >= 11 is 10.9. The first-order valence-corrected chi connectivity index (χ1v) is 6.38. The van der Waals surface area contributed by atoms with Crippen molar-refractivity contribution in [1.82, 2.24) is 0 Å². The van der Waals surface area contributed by atoms with Crippen LogP contribution in [0.4, 0.5) is 15.8 Å². The van der Waals surface area contributed by atoms with Crippen molar-refractivity contribution < 1.29 is 4.39 Å². The molecule has 2 aromatic rings. The van der Waals surface area contributed by atoms with Crippen LogP contribution in [0.15, 0.2) is 36.4 Å². The minimum atomic E-state index is -0.344. The maximum absolute atomic E-state index is 13.2. The van der Waals surface area contributed by atoms with E-state index in [0.717, 1.165) is 16.8 Å². The number of thiocarbonyl (C=S) groups is 1. The van der Waals surface area contributed by atoms with Gasteiger partial charge in [0.25, 0.3) is 0 Å². The van der Waals surface area contributed by atoms with Crippen LogP contribution in [-0.2, 0) is 0 Å². The summed E-state index contributed by atoms with van der Waals surface area (Å²) in [5.41, 5.74) is 8.69. The van der Waals surface area contributed by atoms with Gasteiger partial charge in [-0.2, -0.15) is 0 Å². The molecule has 0 saturated heterocycles. The van der Waals surface area contributed by atoms with E-state index in [9.17, 15) is 4.39 Å². The maximum atomic E-state index is 13.2. The lowest BCUT2D eigenvalue weighted by molar-refractivity contribution is 0.628. The van der Waals surface area contributed by atoms with Gasteiger partial charge >= 0.3 is 0 Å². The largest absolute Gasteiger partial charge is 0.389 e. The van der Waals surface area contributed by atoms with Crippen molar-refractivity contribution in [1.29, 1.82) is 0 Å². The molecule has 0 aliphatic rings. The summed E-state index contributed by atoms with van der Waals surface area (Å²) in [6.07, 6.45) is 0. The van der Waals surface area contributed by atoms with Gasteiger partial charge in [0.15, 0.2) is 0 Å². The molecule has 2 nitrogen and oxygen atoms in total. The van der Waals surface area contributed by atoms with E-state index in [4.69, 9.17) is 29.6 Å². The number of anilines is 2. The molecular weight excluding hydrogens is 283 g/mol. The van der Waals surface area contributed by atoms with Gasteiger partial charge < -0.3 is 11.1 Å². The van der Waals surface area contributed by atoms with Crippen LogP contribution in [0.3, 0.4) is 0 Å². The Morgan fingerprint density at radius 1 is 1.26 bits per heavy atom. The van der Waals surface area contributed by atoms with Gasteiger partial charge in [0.05, 0.1) is 10.7 Å². The Balaban J connectivity index is 2.31. The van der Waals surface area contributed by atoms with Crippen LogP contribution < -0.4 is 11.1 Å². The third-order valence-corrected chi connectivity index (χ3v) is 3.25. The third kappa shape index (κ3) is 3.22. The number of nitrogens with two attached hydrogens (primary N) is 1. The highest BCUT2D eigenvalue weighted by Crippen LogP contribution is 2.27. The molecule has 0 saturated carbocycles. The Hall–Kier alpha value is -1.65. The van der Waals surface area contributed by atoms with Crippen molar-refractivity contribution >= 4 is 40.2 Å². The number of aryl methyl sites for hydroxylation is 1. The first-order chi connectivity index (χ1) is 8.97. The van der Waals surface area contributed by atoms with E-state index in [0.29, 0.717) is 15.7 Å². The summed E-state index contributed by atoms with van der Waals surface area (Å²) in [6, 6.07) is 9.70. The smallest absolute Gasteiger partial charge is 0.125 e. The fraction of sp³-hybridized carbons (Fsp3) is 0.0714. The Morgan fingerprint density at radius 2 is 2.00 bits per heavy atom. The van der Waals surface area contributed by atoms with E-state index in [2.05, 4.69) is 5.32 Å². The summed E-state index contributed by atoms with van der Waals surface area (Å²) in [7, 11) is 0. The van der Waals surface area contributed by atoms with Crippen molar-refractivity contribution in [2.45, 2.75) is 6.92 Å². The highest BCUT2D eigenvalue weighted by Gasteiger charge is 2.05. The van der Waals surface area contributed by atoms with Crippen molar-refractivity contribution in [3.63, 3.8) is 0 Å². The molecule has 0 unspecified atom stereocenters. The minimum Gasteiger partial charge on any atom is -0.389 e. The van der Waals surface area contributed by atoms with E-state index < -0.39 is 0 Å². The second-order valence-electron chi connectivity index (χ2n) is 4.14. The molecule has 0 fully saturated rings. The predicted molar refractivity (Wildman–Crippen MR) is 81.8 cm³/mol. The van der Waals surface area contributed by atoms with E-state index in [1.54, 1.807) is 0 Å². The Kier molecular flexibility index (Phi) is 4.02. The number of hydrogen-bond acceptors (Lipinski definition) is 2. The van der Waals surface area contributed by atoms with Crippen molar-refractivity contribution in [2.75, 3.05) is 5.32 Å². The first kappa shape index (κ1) is 13.8. The second kappa shape index (κ2) is 5.55. The van der Waals surface area contributed by atoms with Gasteiger partial charge in [-0.3, -0.25) is 0 Å². The van der Waals surface area contributed by atoms with Gasteiger partial charge in [0, 0.05) is 11.3 Å². The summed E-state index contributed by atoms with van der Waals surface area (Å²) in [4.78, 5) is 0.354. The molecule has 0 amide bonds. The molecule has 98 valence electrons. The normalized spacial score (nSPS) is 10.3. The van der Waals surface area contributed by atoms with Gasteiger partial charge in [0.2, 0.25) is 0 Å². The van der Waals surface area contributed by atoms with Crippen molar-refractivity contribution in [3.05, 3.63) is 58.4 Å². The molecule has 0 spiro atoms. The standard InChI is InChI=1S/C14H12ClFN2S/c1-8-6-10(3-4-11(8)14(17)19)18-13-7-9(16)2-5-12(13)15/h2-7,18H,1H3,(H2,17,19). The summed E-state index contributed by atoms with van der Waals surface area (Å²) in [5, 5.41) is 3.52. The van der Waals surface area contributed by atoms with E-state index in [1.165, 1.54) is 18.2 Å². The molecule has 0 aliphatic carbocycles. The molecule has 3 N–H and O–H groups in total. The van der Waals surface area contributed by atoms with Crippen molar-refractivity contribution in [3.8, 4) is 0 Å². The van der Waals surface area contributed by atoms with Gasteiger partial charge in [0.1, 0.15) is 10.8 Å². The zero-order valence-electron chi connectivity index (χ0n) is 10.2. The van der Waals surface area contributed by atoms with Gasteiger partial charge in [-0.25, -0.2) is 4.39 Å². The van der Waals surface area contributed by atoms with E-state index in [1.807, 2.05) is 25.1 Å². The highest BCUT2D eigenvalue weighted by atomic mass is 35.5. The zero-order chi connectivity index (χ0) is 14.0. The molecule has 19 heavy (non-hydrogen) atoms. The molecule has 0 aliphatic heterocycles. The average molecular weight is 295 g/mol. The lowest BCUT2D eigenvalue weighted by Gasteiger charge is -2.11. The van der Waals surface area contributed by atoms with Crippen LogP contribution in [0.5, 0.6) is 0 Å². The molecule has 0 bridgehead atoms. The molecule has 0 atom stereocenters. The Labute approximate surface area is 121 Å². The lowest BCUT2D eigenvalue weighted by atomic mass is 10.1. The lowest BCUT2D eigenvalue weighted by Crippen LogP contribution is -2.11. The van der Waals surface area contributed by atoms with Crippen LogP contribution >= 0.6 is 23.8 Å². The van der Waals surface area contributed by atoms with Crippen LogP contribution in [0, 0.1) is 12.7 Å². The molecule has 0 radical (unpaired) electrons. The fourth-order valence-electron chi connectivity index (χ4n) is 1.77. The van der Waals surface area contributed by atoms with Crippen LogP contribution in [0.1, 0.15) is 11.1 Å². The molecule has 0 aromatic heterocycles.